The maximum absolute atomic E-state index is 11.7. The van der Waals surface area contributed by atoms with Gasteiger partial charge >= 0.3 is 0 Å². The second-order valence-corrected chi connectivity index (χ2v) is 5.67. The van der Waals surface area contributed by atoms with E-state index in [1.807, 2.05) is 22.1 Å². The first-order valence-corrected chi connectivity index (χ1v) is 7.56. The highest BCUT2D eigenvalue weighted by atomic mass is 32.2. The van der Waals surface area contributed by atoms with E-state index in [9.17, 15) is 4.79 Å². The second kappa shape index (κ2) is 7.10. The van der Waals surface area contributed by atoms with E-state index in [-0.39, 0.29) is 5.91 Å². The second-order valence-electron chi connectivity index (χ2n) is 3.70. The van der Waals surface area contributed by atoms with Crippen molar-refractivity contribution < 1.29 is 4.79 Å². The molecule has 2 aromatic rings. The third-order valence-electron chi connectivity index (χ3n) is 2.28. The van der Waals surface area contributed by atoms with E-state index in [1.54, 1.807) is 23.7 Å². The average Bonchev–Trinajstić information content (AvgIpc) is 3.06. The van der Waals surface area contributed by atoms with Crippen molar-refractivity contribution in [2.45, 2.75) is 18.2 Å². The average molecular weight is 294 g/mol. The number of carbonyl (C=O) groups excluding carboxylic acids is 1. The minimum atomic E-state index is -0.00782. The van der Waals surface area contributed by atoms with Gasteiger partial charge in [0, 0.05) is 11.4 Å². The molecule has 0 unspecified atom stereocenters. The number of aromatic nitrogens is 3. The molecule has 2 aromatic heterocycles. The zero-order valence-electron chi connectivity index (χ0n) is 10.3. The van der Waals surface area contributed by atoms with Gasteiger partial charge < -0.3 is 9.88 Å². The van der Waals surface area contributed by atoms with Gasteiger partial charge in [-0.2, -0.15) is 0 Å². The number of thioether (sulfide) groups is 1. The lowest BCUT2D eigenvalue weighted by molar-refractivity contribution is -0.118. The lowest BCUT2D eigenvalue weighted by Crippen LogP contribution is -2.24. The normalized spacial score (nSPS) is 10.3. The monoisotopic (exact) mass is 294 g/mol. The topological polar surface area (TPSA) is 59.8 Å². The quantitative estimate of drug-likeness (QED) is 0.626. The molecule has 0 aliphatic carbocycles. The Hall–Kier alpha value is -1.60. The molecule has 1 amide bonds. The van der Waals surface area contributed by atoms with Crippen LogP contribution in [0.5, 0.6) is 0 Å². The summed E-state index contributed by atoms with van der Waals surface area (Å²) in [6.07, 6.45) is 3.40. The number of carbonyl (C=O) groups is 1. The number of thiophene rings is 1. The van der Waals surface area contributed by atoms with Crippen LogP contribution in [0.15, 0.2) is 41.7 Å². The molecule has 2 heterocycles. The van der Waals surface area contributed by atoms with Gasteiger partial charge in [-0.3, -0.25) is 4.79 Å². The summed E-state index contributed by atoms with van der Waals surface area (Å²) in [5.41, 5.74) is 0. The summed E-state index contributed by atoms with van der Waals surface area (Å²) in [4.78, 5) is 12.8. The van der Waals surface area contributed by atoms with Crippen LogP contribution in [0.4, 0.5) is 0 Å². The summed E-state index contributed by atoms with van der Waals surface area (Å²) < 4.78 is 1.85. The molecule has 0 fully saturated rings. The molecule has 0 atom stereocenters. The lowest BCUT2D eigenvalue weighted by Gasteiger charge is -2.04. The molecule has 0 saturated carbocycles. The van der Waals surface area contributed by atoms with Gasteiger partial charge in [0.05, 0.1) is 12.3 Å². The summed E-state index contributed by atoms with van der Waals surface area (Å²) in [7, 11) is 0. The van der Waals surface area contributed by atoms with Crippen LogP contribution in [0.1, 0.15) is 4.88 Å². The zero-order chi connectivity index (χ0) is 13.5. The summed E-state index contributed by atoms with van der Waals surface area (Å²) in [6, 6.07) is 3.97. The number of amides is 1. The Morgan fingerprint density at radius 1 is 1.63 bits per heavy atom. The van der Waals surface area contributed by atoms with Crippen molar-refractivity contribution in [3.05, 3.63) is 41.4 Å². The molecule has 100 valence electrons. The first-order valence-electron chi connectivity index (χ1n) is 5.70. The highest BCUT2D eigenvalue weighted by Gasteiger charge is 2.08. The van der Waals surface area contributed by atoms with Crippen LogP contribution in [-0.4, -0.2) is 26.4 Å². The fourth-order valence-electron chi connectivity index (χ4n) is 1.40. The van der Waals surface area contributed by atoms with Crippen molar-refractivity contribution in [2.75, 3.05) is 5.75 Å². The third kappa shape index (κ3) is 4.22. The van der Waals surface area contributed by atoms with Crippen molar-refractivity contribution in [2.24, 2.45) is 0 Å². The van der Waals surface area contributed by atoms with Crippen molar-refractivity contribution in [1.29, 1.82) is 0 Å². The molecular formula is C12H14N4OS2. The van der Waals surface area contributed by atoms with Gasteiger partial charge in [-0.1, -0.05) is 23.9 Å². The fraction of sp³-hybridized carbons (Fsp3) is 0.250. The summed E-state index contributed by atoms with van der Waals surface area (Å²) in [5, 5.41) is 13.4. The minimum absolute atomic E-state index is 0.00782. The molecule has 5 nitrogen and oxygen atoms in total. The number of nitrogens with zero attached hydrogens (tertiary/aromatic N) is 3. The summed E-state index contributed by atoms with van der Waals surface area (Å²) in [6.45, 7) is 4.89. The third-order valence-corrected chi connectivity index (χ3v) is 4.14. The van der Waals surface area contributed by atoms with Gasteiger partial charge in [-0.25, -0.2) is 0 Å². The molecule has 0 spiro atoms. The van der Waals surface area contributed by atoms with Crippen molar-refractivity contribution in [3.8, 4) is 0 Å². The number of allylic oxidation sites excluding steroid dienone is 1. The molecule has 0 aromatic carbocycles. The van der Waals surface area contributed by atoms with Gasteiger partial charge in [-0.15, -0.1) is 28.1 Å². The van der Waals surface area contributed by atoms with Gasteiger partial charge in [-0.05, 0) is 11.4 Å². The van der Waals surface area contributed by atoms with Crippen molar-refractivity contribution >= 4 is 29.0 Å². The Morgan fingerprint density at radius 2 is 2.53 bits per heavy atom. The first-order chi connectivity index (χ1) is 9.29. The van der Waals surface area contributed by atoms with Crippen molar-refractivity contribution in [3.63, 3.8) is 0 Å². The van der Waals surface area contributed by atoms with Gasteiger partial charge in [0.25, 0.3) is 0 Å². The minimum Gasteiger partial charge on any atom is -0.350 e. The molecule has 2 rings (SSSR count). The Balaban J connectivity index is 1.76. The number of rotatable bonds is 7. The summed E-state index contributed by atoms with van der Waals surface area (Å²) >= 11 is 3.00. The molecule has 7 heteroatoms. The van der Waals surface area contributed by atoms with E-state index in [1.165, 1.54) is 11.8 Å². The lowest BCUT2D eigenvalue weighted by atomic mass is 10.4. The fourth-order valence-corrected chi connectivity index (χ4v) is 2.80. The Bertz CT molecular complexity index is 536. The Labute approximate surface area is 119 Å². The maximum Gasteiger partial charge on any atom is 0.230 e. The van der Waals surface area contributed by atoms with Gasteiger partial charge in [0.15, 0.2) is 5.16 Å². The van der Waals surface area contributed by atoms with Gasteiger partial charge in [0.1, 0.15) is 6.33 Å². The Kier molecular flexibility index (Phi) is 5.17. The van der Waals surface area contributed by atoms with Crippen molar-refractivity contribution in [1.82, 2.24) is 20.1 Å². The predicted molar refractivity (Wildman–Crippen MR) is 77.1 cm³/mol. The molecule has 0 saturated heterocycles. The molecule has 0 aliphatic heterocycles. The van der Waals surface area contributed by atoms with Crippen LogP contribution in [-0.2, 0) is 17.9 Å². The van der Waals surface area contributed by atoms with Crippen LogP contribution < -0.4 is 5.32 Å². The SMILES string of the molecule is C=CCn1cnnc1SCC(=O)NCc1cccs1. The van der Waals surface area contributed by atoms with Gasteiger partial charge in [0.2, 0.25) is 5.91 Å². The summed E-state index contributed by atoms with van der Waals surface area (Å²) in [5.74, 6) is 0.327. The molecule has 19 heavy (non-hydrogen) atoms. The zero-order valence-corrected chi connectivity index (χ0v) is 11.9. The molecule has 0 aliphatic rings. The van der Waals surface area contributed by atoms with E-state index in [0.29, 0.717) is 18.8 Å². The maximum atomic E-state index is 11.7. The smallest absolute Gasteiger partial charge is 0.230 e. The largest absolute Gasteiger partial charge is 0.350 e. The van der Waals surface area contributed by atoms with E-state index in [2.05, 4.69) is 22.1 Å². The number of nitrogens with one attached hydrogen (secondary N) is 1. The highest BCUT2D eigenvalue weighted by molar-refractivity contribution is 7.99. The van der Waals surface area contributed by atoms with E-state index in [4.69, 9.17) is 0 Å². The van der Waals surface area contributed by atoms with E-state index in [0.717, 1.165) is 10.0 Å². The standard InChI is InChI=1S/C12H14N4OS2/c1-2-5-16-9-14-15-12(16)19-8-11(17)13-7-10-4-3-6-18-10/h2-4,6,9H,1,5,7-8H2,(H,13,17). The molecular weight excluding hydrogens is 280 g/mol. The molecule has 0 bridgehead atoms. The van der Waals surface area contributed by atoms with Crippen LogP contribution >= 0.6 is 23.1 Å². The van der Waals surface area contributed by atoms with Crippen LogP contribution in [0.2, 0.25) is 0 Å². The van der Waals surface area contributed by atoms with E-state index >= 15 is 0 Å². The van der Waals surface area contributed by atoms with Crippen LogP contribution in [0, 0.1) is 0 Å². The molecule has 0 radical (unpaired) electrons. The predicted octanol–water partition coefficient (Wildman–Crippen LogP) is 1.93. The number of hydrogen-bond donors (Lipinski definition) is 1. The van der Waals surface area contributed by atoms with E-state index < -0.39 is 0 Å². The Morgan fingerprint density at radius 3 is 3.26 bits per heavy atom. The first kappa shape index (κ1) is 13.8. The van der Waals surface area contributed by atoms with Crippen LogP contribution in [0.3, 0.4) is 0 Å². The van der Waals surface area contributed by atoms with Crippen LogP contribution in [0.25, 0.3) is 0 Å². The number of hydrogen-bond acceptors (Lipinski definition) is 5. The molecule has 1 N–H and O–H groups in total. The highest BCUT2D eigenvalue weighted by Crippen LogP contribution is 2.14.